The molecule has 0 unspecified atom stereocenters. The first kappa shape index (κ1) is 25.8. The lowest BCUT2D eigenvalue weighted by molar-refractivity contribution is -0.117. The van der Waals surface area contributed by atoms with E-state index in [0.717, 1.165) is 5.56 Å². The van der Waals surface area contributed by atoms with Crippen LogP contribution in [-0.2, 0) is 16.1 Å². The maximum Gasteiger partial charge on any atom is 0.253 e. The zero-order valence-electron chi connectivity index (χ0n) is 20.0. The largest absolute Gasteiger partial charge is 0.348 e. The Bertz CT molecular complexity index is 1240. The van der Waals surface area contributed by atoms with Crippen LogP contribution in [0.15, 0.2) is 60.0 Å². The Labute approximate surface area is 207 Å². The molecule has 0 radical (unpaired) electrons. The summed E-state index contributed by atoms with van der Waals surface area (Å²) in [7, 11) is 1.76. The van der Waals surface area contributed by atoms with Gasteiger partial charge < -0.3 is 10.2 Å². The van der Waals surface area contributed by atoms with Crippen molar-refractivity contribution in [3.05, 3.63) is 82.6 Å². The van der Waals surface area contributed by atoms with Gasteiger partial charge in [-0.15, -0.1) is 11.3 Å². The number of halogens is 1. The van der Waals surface area contributed by atoms with Crippen molar-refractivity contribution >= 4 is 46.0 Å². The van der Waals surface area contributed by atoms with Gasteiger partial charge in [0.25, 0.3) is 5.91 Å². The van der Waals surface area contributed by atoms with Crippen molar-refractivity contribution in [3.63, 3.8) is 0 Å². The number of nitrogens with zero attached hydrogens (tertiary/aromatic N) is 3. The predicted octanol–water partition coefficient (Wildman–Crippen LogP) is 4.78. The maximum atomic E-state index is 14.2. The molecule has 9 heteroatoms. The number of aromatic nitrogens is 1. The van der Waals surface area contributed by atoms with Crippen LogP contribution in [0.4, 0.5) is 15.2 Å². The molecule has 3 amide bonds. The predicted molar refractivity (Wildman–Crippen MR) is 136 cm³/mol. The molecule has 1 aromatic heterocycles. The molecular weight excluding hydrogens is 467 g/mol. The fourth-order valence-corrected chi connectivity index (χ4v) is 3.96. The average Bonchev–Trinajstić information content (AvgIpc) is 3.30. The van der Waals surface area contributed by atoms with Crippen LogP contribution in [0.3, 0.4) is 0 Å². The molecule has 3 rings (SSSR count). The number of para-hydroxylation sites is 1. The van der Waals surface area contributed by atoms with Crippen LogP contribution in [0.1, 0.15) is 42.4 Å². The maximum absolute atomic E-state index is 14.2. The third-order valence-electron chi connectivity index (χ3n) is 5.28. The standard InChI is InChI=1S/C26H27FN4O3S/c1-17(2)30(4)25(34)20-11-9-19(10-12-20)15-28-24(33)14-13-21-16-35-26(29-21)31(18(3)32)23-8-6-5-7-22(23)27/h5-14,16-17H,15H2,1-4H3,(H,28,33)/b14-13+. The van der Waals surface area contributed by atoms with Gasteiger partial charge >= 0.3 is 0 Å². The minimum absolute atomic E-state index is 0.0560. The molecular formula is C26H27FN4O3S. The summed E-state index contributed by atoms with van der Waals surface area (Å²) < 4.78 is 14.2. The van der Waals surface area contributed by atoms with Crippen LogP contribution in [-0.4, -0.2) is 40.7 Å². The number of anilines is 2. The highest BCUT2D eigenvalue weighted by Crippen LogP contribution is 2.30. The summed E-state index contributed by atoms with van der Waals surface area (Å²) in [5.74, 6) is -1.28. The summed E-state index contributed by atoms with van der Waals surface area (Å²) in [5, 5.41) is 4.77. The Balaban J connectivity index is 1.59. The van der Waals surface area contributed by atoms with Crippen molar-refractivity contribution in [1.29, 1.82) is 0 Å². The van der Waals surface area contributed by atoms with Crippen molar-refractivity contribution in [2.75, 3.05) is 11.9 Å². The van der Waals surface area contributed by atoms with E-state index in [0.29, 0.717) is 22.9 Å². The van der Waals surface area contributed by atoms with E-state index in [1.54, 1.807) is 53.7 Å². The molecule has 0 atom stereocenters. The molecule has 0 bridgehead atoms. The van der Waals surface area contributed by atoms with Gasteiger partial charge in [0.1, 0.15) is 5.82 Å². The Morgan fingerprint density at radius 3 is 2.43 bits per heavy atom. The summed E-state index contributed by atoms with van der Waals surface area (Å²) >= 11 is 1.17. The van der Waals surface area contributed by atoms with E-state index in [1.165, 1.54) is 47.4 Å². The van der Waals surface area contributed by atoms with Crippen molar-refractivity contribution < 1.29 is 18.8 Å². The zero-order chi connectivity index (χ0) is 25.5. The molecule has 0 saturated heterocycles. The summed E-state index contributed by atoms with van der Waals surface area (Å²) in [6, 6.07) is 13.2. The Morgan fingerprint density at radius 2 is 1.80 bits per heavy atom. The van der Waals surface area contributed by atoms with E-state index in [9.17, 15) is 18.8 Å². The SMILES string of the molecule is CC(=O)N(c1nc(/C=C/C(=O)NCc2ccc(C(=O)N(C)C(C)C)cc2)cs1)c1ccccc1F. The lowest BCUT2D eigenvalue weighted by Crippen LogP contribution is -2.32. The lowest BCUT2D eigenvalue weighted by atomic mass is 10.1. The number of amides is 3. The van der Waals surface area contributed by atoms with Crippen molar-refractivity contribution in [2.45, 2.75) is 33.4 Å². The first-order valence-corrected chi connectivity index (χ1v) is 11.9. The van der Waals surface area contributed by atoms with Crippen molar-refractivity contribution in [2.24, 2.45) is 0 Å². The molecule has 1 heterocycles. The number of rotatable bonds is 8. The number of benzene rings is 2. The highest BCUT2D eigenvalue weighted by Gasteiger charge is 2.20. The molecule has 0 aliphatic rings. The highest BCUT2D eigenvalue weighted by atomic mass is 32.1. The van der Waals surface area contributed by atoms with E-state index >= 15 is 0 Å². The Kier molecular flexibility index (Phi) is 8.48. The molecule has 182 valence electrons. The molecule has 0 spiro atoms. The quantitative estimate of drug-likeness (QED) is 0.457. The average molecular weight is 495 g/mol. The molecule has 3 aromatic rings. The topological polar surface area (TPSA) is 82.6 Å². The first-order valence-electron chi connectivity index (χ1n) is 11.0. The number of hydrogen-bond acceptors (Lipinski definition) is 5. The van der Waals surface area contributed by atoms with Crippen LogP contribution in [0, 0.1) is 5.82 Å². The van der Waals surface area contributed by atoms with Gasteiger partial charge in [-0.05, 0) is 49.8 Å². The van der Waals surface area contributed by atoms with E-state index in [2.05, 4.69) is 10.3 Å². The summed E-state index contributed by atoms with van der Waals surface area (Å²) in [6.07, 6.45) is 2.87. The van der Waals surface area contributed by atoms with Gasteiger partial charge in [-0.25, -0.2) is 9.37 Å². The van der Waals surface area contributed by atoms with Gasteiger partial charge in [0.05, 0.1) is 11.4 Å². The van der Waals surface area contributed by atoms with E-state index in [-0.39, 0.29) is 29.5 Å². The van der Waals surface area contributed by atoms with Crippen LogP contribution >= 0.6 is 11.3 Å². The van der Waals surface area contributed by atoms with Crippen LogP contribution < -0.4 is 10.2 Å². The van der Waals surface area contributed by atoms with Crippen molar-refractivity contribution in [3.8, 4) is 0 Å². The third kappa shape index (κ3) is 6.60. The van der Waals surface area contributed by atoms with Crippen molar-refractivity contribution in [1.82, 2.24) is 15.2 Å². The van der Waals surface area contributed by atoms with Gasteiger partial charge in [-0.1, -0.05) is 24.3 Å². The van der Waals surface area contributed by atoms with Gasteiger partial charge in [0, 0.05) is 43.6 Å². The highest BCUT2D eigenvalue weighted by molar-refractivity contribution is 7.14. The normalized spacial score (nSPS) is 11.0. The lowest BCUT2D eigenvalue weighted by Gasteiger charge is -2.21. The molecule has 0 aliphatic heterocycles. The van der Waals surface area contributed by atoms with Crippen LogP contribution in [0.5, 0.6) is 0 Å². The molecule has 0 aliphatic carbocycles. The monoisotopic (exact) mass is 494 g/mol. The number of carbonyl (C=O) groups excluding carboxylic acids is 3. The van der Waals surface area contributed by atoms with Gasteiger partial charge in [0.2, 0.25) is 11.8 Å². The smallest absolute Gasteiger partial charge is 0.253 e. The number of thiazole rings is 1. The molecule has 7 nitrogen and oxygen atoms in total. The third-order valence-corrected chi connectivity index (χ3v) is 6.12. The minimum atomic E-state index is -0.529. The zero-order valence-corrected chi connectivity index (χ0v) is 20.8. The summed E-state index contributed by atoms with van der Waals surface area (Å²) in [5.41, 5.74) is 2.03. The number of nitrogens with one attached hydrogen (secondary N) is 1. The van der Waals surface area contributed by atoms with Crippen LogP contribution in [0.25, 0.3) is 6.08 Å². The van der Waals surface area contributed by atoms with Gasteiger partial charge in [0.15, 0.2) is 5.13 Å². The minimum Gasteiger partial charge on any atom is -0.348 e. The second kappa shape index (κ2) is 11.5. The summed E-state index contributed by atoms with van der Waals surface area (Å²) in [4.78, 5) is 44.0. The van der Waals surface area contributed by atoms with Gasteiger partial charge in [-0.2, -0.15) is 0 Å². The molecule has 2 aromatic carbocycles. The van der Waals surface area contributed by atoms with E-state index in [1.807, 2.05) is 13.8 Å². The second-order valence-corrected chi connectivity index (χ2v) is 8.96. The fourth-order valence-electron chi connectivity index (χ4n) is 3.11. The molecule has 35 heavy (non-hydrogen) atoms. The summed E-state index contributed by atoms with van der Waals surface area (Å²) in [6.45, 7) is 5.53. The first-order chi connectivity index (χ1) is 16.7. The number of hydrogen-bond donors (Lipinski definition) is 1. The molecule has 0 fully saturated rings. The number of carbonyl (C=O) groups is 3. The molecule has 1 N–H and O–H groups in total. The van der Waals surface area contributed by atoms with Gasteiger partial charge in [-0.3, -0.25) is 19.3 Å². The fraction of sp³-hybridized carbons (Fsp3) is 0.231. The molecule has 0 saturated carbocycles. The second-order valence-electron chi connectivity index (χ2n) is 8.12. The Morgan fingerprint density at radius 1 is 1.11 bits per heavy atom. The van der Waals surface area contributed by atoms with Crippen LogP contribution in [0.2, 0.25) is 0 Å². The van der Waals surface area contributed by atoms with E-state index in [4.69, 9.17) is 0 Å². The van der Waals surface area contributed by atoms with E-state index < -0.39 is 5.82 Å². The Hall–Kier alpha value is -3.85.